The lowest BCUT2D eigenvalue weighted by atomic mass is 10.0. The van der Waals surface area contributed by atoms with E-state index in [2.05, 4.69) is 38.2 Å². The predicted molar refractivity (Wildman–Crippen MR) is 94.7 cm³/mol. The molecule has 0 bridgehead atoms. The van der Waals surface area contributed by atoms with E-state index >= 15 is 0 Å². The van der Waals surface area contributed by atoms with E-state index in [1.54, 1.807) is 21.3 Å². The van der Waals surface area contributed by atoms with E-state index in [1.807, 2.05) is 12.1 Å². The molecule has 1 aromatic carbocycles. The van der Waals surface area contributed by atoms with Crippen LogP contribution in [0.1, 0.15) is 25.8 Å². The highest BCUT2D eigenvalue weighted by molar-refractivity contribution is 5.55. The van der Waals surface area contributed by atoms with Crippen LogP contribution in [0.15, 0.2) is 12.1 Å². The lowest BCUT2D eigenvalue weighted by molar-refractivity contribution is 0.300. The molecule has 1 N–H and O–H groups in total. The van der Waals surface area contributed by atoms with Crippen LogP contribution in [0.2, 0.25) is 0 Å². The minimum absolute atomic E-state index is 0.433. The van der Waals surface area contributed by atoms with Crippen molar-refractivity contribution in [3.05, 3.63) is 17.7 Å². The van der Waals surface area contributed by atoms with E-state index in [-0.39, 0.29) is 0 Å². The van der Waals surface area contributed by atoms with Crippen molar-refractivity contribution in [3.8, 4) is 17.2 Å². The molecule has 0 fully saturated rings. The molecule has 1 rings (SSSR count). The van der Waals surface area contributed by atoms with E-state index < -0.39 is 0 Å². The molecule has 132 valence electrons. The van der Waals surface area contributed by atoms with Crippen LogP contribution in [-0.4, -0.2) is 52.9 Å². The molecule has 1 unspecified atom stereocenters. The summed E-state index contributed by atoms with van der Waals surface area (Å²) in [6.45, 7) is 6.24. The first-order valence-electron chi connectivity index (χ1n) is 8.08. The van der Waals surface area contributed by atoms with Gasteiger partial charge in [-0.25, -0.2) is 0 Å². The standard InChI is InChI=1S/C18H32N2O3/c1-13(2)10-15(12-20(3)4)19-11-14-8-9-16(21-5)18(23-7)17(14)22-6/h8-9,13,15,19H,10-12H2,1-7H3. The molecule has 1 atom stereocenters. The van der Waals surface area contributed by atoms with E-state index in [9.17, 15) is 0 Å². The Kier molecular flexibility index (Phi) is 8.20. The molecule has 0 saturated heterocycles. The maximum absolute atomic E-state index is 5.55. The summed E-state index contributed by atoms with van der Waals surface area (Å²) in [5.41, 5.74) is 1.07. The van der Waals surface area contributed by atoms with Crippen molar-refractivity contribution >= 4 is 0 Å². The van der Waals surface area contributed by atoms with Gasteiger partial charge in [-0.15, -0.1) is 0 Å². The number of ether oxygens (including phenoxy) is 3. The quantitative estimate of drug-likeness (QED) is 0.717. The Morgan fingerprint density at radius 2 is 1.65 bits per heavy atom. The first-order valence-corrected chi connectivity index (χ1v) is 8.08. The maximum atomic E-state index is 5.55. The summed E-state index contributed by atoms with van der Waals surface area (Å²) < 4.78 is 16.3. The first-order chi connectivity index (χ1) is 10.9. The van der Waals surface area contributed by atoms with Crippen LogP contribution < -0.4 is 19.5 Å². The fraction of sp³-hybridized carbons (Fsp3) is 0.667. The van der Waals surface area contributed by atoms with Crippen LogP contribution in [0.3, 0.4) is 0 Å². The molecule has 0 aliphatic heterocycles. The van der Waals surface area contributed by atoms with Crippen molar-refractivity contribution in [2.24, 2.45) is 5.92 Å². The van der Waals surface area contributed by atoms with Gasteiger partial charge in [-0.1, -0.05) is 19.9 Å². The van der Waals surface area contributed by atoms with E-state index in [1.165, 1.54) is 0 Å². The zero-order valence-electron chi connectivity index (χ0n) is 15.6. The van der Waals surface area contributed by atoms with Gasteiger partial charge in [0.05, 0.1) is 21.3 Å². The molecule has 0 aromatic heterocycles. The van der Waals surface area contributed by atoms with Gasteiger partial charge in [-0.3, -0.25) is 0 Å². The lowest BCUT2D eigenvalue weighted by Gasteiger charge is -2.25. The Hall–Kier alpha value is -1.46. The first kappa shape index (κ1) is 19.6. The van der Waals surface area contributed by atoms with Gasteiger partial charge in [0.2, 0.25) is 5.75 Å². The fourth-order valence-corrected chi connectivity index (χ4v) is 2.79. The third-order valence-electron chi connectivity index (χ3n) is 3.71. The third-order valence-corrected chi connectivity index (χ3v) is 3.71. The number of methoxy groups -OCH3 is 3. The van der Waals surface area contributed by atoms with Crippen molar-refractivity contribution in [2.45, 2.75) is 32.9 Å². The van der Waals surface area contributed by atoms with Crippen LogP contribution >= 0.6 is 0 Å². The summed E-state index contributed by atoms with van der Waals surface area (Å²) in [5.74, 6) is 2.70. The molecule has 5 heteroatoms. The fourth-order valence-electron chi connectivity index (χ4n) is 2.79. The van der Waals surface area contributed by atoms with Crippen LogP contribution in [0.5, 0.6) is 17.2 Å². The summed E-state index contributed by atoms with van der Waals surface area (Å²) in [5, 5.41) is 3.64. The normalized spacial score (nSPS) is 12.6. The second-order valence-electron chi connectivity index (χ2n) is 6.46. The highest BCUT2D eigenvalue weighted by Gasteiger charge is 2.17. The Labute approximate surface area is 140 Å². The molecule has 0 heterocycles. The molecule has 0 spiro atoms. The zero-order chi connectivity index (χ0) is 17.4. The highest BCUT2D eigenvalue weighted by Crippen LogP contribution is 2.39. The SMILES string of the molecule is COc1ccc(CNC(CC(C)C)CN(C)C)c(OC)c1OC. The number of hydrogen-bond acceptors (Lipinski definition) is 5. The largest absolute Gasteiger partial charge is 0.493 e. The van der Waals surface area contributed by atoms with Crippen LogP contribution in [0.25, 0.3) is 0 Å². The minimum Gasteiger partial charge on any atom is -0.493 e. The molecule has 0 aliphatic carbocycles. The van der Waals surface area contributed by atoms with Crippen molar-refractivity contribution < 1.29 is 14.2 Å². The third kappa shape index (κ3) is 5.92. The zero-order valence-corrected chi connectivity index (χ0v) is 15.6. The van der Waals surface area contributed by atoms with Gasteiger partial charge in [0, 0.05) is 24.7 Å². The Morgan fingerprint density at radius 1 is 1.00 bits per heavy atom. The average molecular weight is 324 g/mol. The Balaban J connectivity index is 2.89. The predicted octanol–water partition coefficient (Wildman–Crippen LogP) is 2.78. The smallest absolute Gasteiger partial charge is 0.203 e. The van der Waals surface area contributed by atoms with Crippen molar-refractivity contribution in [1.82, 2.24) is 10.2 Å². The van der Waals surface area contributed by atoms with Crippen molar-refractivity contribution in [2.75, 3.05) is 42.0 Å². The topological polar surface area (TPSA) is 43.0 Å². The second-order valence-corrected chi connectivity index (χ2v) is 6.46. The van der Waals surface area contributed by atoms with Gasteiger partial charge in [-0.05, 0) is 32.5 Å². The molecule has 0 saturated carbocycles. The summed E-state index contributed by atoms with van der Waals surface area (Å²) in [6.07, 6.45) is 1.13. The van der Waals surface area contributed by atoms with Crippen LogP contribution in [-0.2, 0) is 6.54 Å². The van der Waals surface area contributed by atoms with E-state index in [0.29, 0.717) is 23.5 Å². The lowest BCUT2D eigenvalue weighted by Crippen LogP contribution is -2.38. The minimum atomic E-state index is 0.433. The van der Waals surface area contributed by atoms with Gasteiger partial charge < -0.3 is 24.4 Å². The molecular weight excluding hydrogens is 292 g/mol. The number of rotatable bonds is 10. The molecule has 1 aromatic rings. The Bertz CT molecular complexity index is 466. The van der Waals surface area contributed by atoms with Crippen LogP contribution in [0, 0.1) is 5.92 Å². The molecule has 0 aliphatic rings. The summed E-state index contributed by atoms with van der Waals surface area (Å²) in [7, 11) is 9.13. The highest BCUT2D eigenvalue weighted by atomic mass is 16.5. The second kappa shape index (κ2) is 9.63. The average Bonchev–Trinajstić information content (AvgIpc) is 2.50. The molecule has 23 heavy (non-hydrogen) atoms. The van der Waals surface area contributed by atoms with Gasteiger partial charge >= 0.3 is 0 Å². The van der Waals surface area contributed by atoms with E-state index in [0.717, 1.165) is 30.8 Å². The monoisotopic (exact) mass is 324 g/mol. The number of nitrogens with zero attached hydrogens (tertiary/aromatic N) is 1. The number of benzene rings is 1. The number of nitrogens with one attached hydrogen (secondary N) is 1. The molecule has 0 radical (unpaired) electrons. The van der Waals surface area contributed by atoms with Crippen molar-refractivity contribution in [3.63, 3.8) is 0 Å². The van der Waals surface area contributed by atoms with Crippen molar-refractivity contribution in [1.29, 1.82) is 0 Å². The summed E-state index contributed by atoms with van der Waals surface area (Å²) >= 11 is 0. The Morgan fingerprint density at radius 3 is 2.13 bits per heavy atom. The number of hydrogen-bond donors (Lipinski definition) is 1. The van der Waals surface area contributed by atoms with Crippen LogP contribution in [0.4, 0.5) is 0 Å². The van der Waals surface area contributed by atoms with Gasteiger partial charge in [0.15, 0.2) is 11.5 Å². The number of likely N-dealkylation sites (N-methyl/N-ethyl adjacent to an activating group) is 1. The van der Waals surface area contributed by atoms with Gasteiger partial charge in [0.1, 0.15) is 0 Å². The van der Waals surface area contributed by atoms with E-state index in [4.69, 9.17) is 14.2 Å². The molecule has 5 nitrogen and oxygen atoms in total. The summed E-state index contributed by atoms with van der Waals surface area (Å²) in [4.78, 5) is 2.21. The molecule has 0 amide bonds. The van der Waals surface area contributed by atoms with Gasteiger partial charge in [0.25, 0.3) is 0 Å². The van der Waals surface area contributed by atoms with Gasteiger partial charge in [-0.2, -0.15) is 0 Å². The molecular formula is C18H32N2O3. The maximum Gasteiger partial charge on any atom is 0.203 e. The summed E-state index contributed by atoms with van der Waals surface area (Å²) in [6, 6.07) is 4.37.